The van der Waals surface area contributed by atoms with E-state index in [1.165, 1.54) is 27.8 Å². The van der Waals surface area contributed by atoms with E-state index >= 15 is 0 Å². The Labute approximate surface area is 103 Å². The zero-order valence-electron chi connectivity index (χ0n) is 9.17. The number of hydrogen-bond donors (Lipinski definition) is 0. The van der Waals surface area contributed by atoms with Crippen molar-refractivity contribution in [2.45, 2.75) is 13.3 Å². The molecule has 0 heterocycles. The molecule has 0 unspecified atom stereocenters. The molecule has 2 aromatic rings. The third-order valence-electron chi connectivity index (χ3n) is 3.00. The van der Waals surface area contributed by atoms with Gasteiger partial charge in [0.25, 0.3) is 0 Å². The van der Waals surface area contributed by atoms with Gasteiger partial charge in [0.15, 0.2) is 0 Å². The molecule has 0 fully saturated rings. The smallest absolute Gasteiger partial charge is 0.180 e. The molecule has 15 heavy (non-hydrogen) atoms. The number of benzene rings is 2. The predicted octanol–water partition coefficient (Wildman–Crippen LogP) is 0.370. The molecule has 3 rings (SSSR count). The van der Waals surface area contributed by atoms with E-state index in [-0.39, 0.29) is 18.9 Å². The van der Waals surface area contributed by atoms with Crippen LogP contribution >= 0.6 is 0 Å². The zero-order chi connectivity index (χ0) is 9.54. The van der Waals surface area contributed by atoms with Gasteiger partial charge in [-0.2, -0.15) is 23.8 Å². The standard InChI is InChI=1S/C14H11.Li/c1-10-5-4-8-13-12-7-3-2-6-11(12)9-14(10)13;/h2-4,6-8H,9H2,1H3;/q-1;+1. The van der Waals surface area contributed by atoms with E-state index in [0.717, 1.165) is 6.42 Å². The van der Waals surface area contributed by atoms with Crippen molar-refractivity contribution in [3.05, 3.63) is 59.2 Å². The molecule has 1 aliphatic carbocycles. The minimum absolute atomic E-state index is 0. The van der Waals surface area contributed by atoms with Gasteiger partial charge >= 0.3 is 18.9 Å². The van der Waals surface area contributed by atoms with Crippen molar-refractivity contribution in [1.29, 1.82) is 0 Å². The third kappa shape index (κ3) is 1.55. The predicted molar refractivity (Wildman–Crippen MR) is 58.3 cm³/mol. The van der Waals surface area contributed by atoms with Crippen LogP contribution in [0.15, 0.2) is 36.4 Å². The molecule has 0 nitrogen and oxygen atoms in total. The largest absolute Gasteiger partial charge is 1.00 e. The fourth-order valence-electron chi connectivity index (χ4n) is 2.25. The number of aryl methyl sites for hydroxylation is 1. The van der Waals surface area contributed by atoms with Crippen molar-refractivity contribution in [1.82, 2.24) is 0 Å². The van der Waals surface area contributed by atoms with E-state index in [9.17, 15) is 0 Å². The van der Waals surface area contributed by atoms with Crippen molar-refractivity contribution >= 4 is 0 Å². The molecule has 0 amide bonds. The Morgan fingerprint density at radius 2 is 1.87 bits per heavy atom. The first-order chi connectivity index (χ1) is 6.86. The van der Waals surface area contributed by atoms with Crippen LogP contribution in [-0.4, -0.2) is 0 Å². The average molecular weight is 186 g/mol. The van der Waals surface area contributed by atoms with Crippen LogP contribution in [0.1, 0.15) is 16.7 Å². The molecular weight excluding hydrogens is 175 g/mol. The zero-order valence-corrected chi connectivity index (χ0v) is 9.17. The van der Waals surface area contributed by atoms with Gasteiger partial charge in [-0.25, -0.2) is 0 Å². The van der Waals surface area contributed by atoms with Gasteiger partial charge in [0.1, 0.15) is 0 Å². The van der Waals surface area contributed by atoms with Crippen molar-refractivity contribution in [2.75, 3.05) is 0 Å². The Bertz CT molecular complexity index is 500. The first-order valence-electron chi connectivity index (χ1n) is 4.95. The van der Waals surface area contributed by atoms with Crippen LogP contribution in [0.4, 0.5) is 0 Å². The molecule has 0 saturated heterocycles. The minimum Gasteiger partial charge on any atom is -0.180 e. The summed E-state index contributed by atoms with van der Waals surface area (Å²) in [6, 6.07) is 16.1. The van der Waals surface area contributed by atoms with E-state index in [2.05, 4.69) is 43.3 Å². The molecule has 0 aliphatic heterocycles. The fourth-order valence-corrected chi connectivity index (χ4v) is 2.25. The van der Waals surface area contributed by atoms with Crippen molar-refractivity contribution in [3.8, 4) is 11.1 Å². The van der Waals surface area contributed by atoms with E-state index in [4.69, 9.17) is 0 Å². The van der Waals surface area contributed by atoms with Gasteiger partial charge in [0.05, 0.1) is 0 Å². The fraction of sp³-hybridized carbons (Fsp3) is 0.143. The van der Waals surface area contributed by atoms with Crippen molar-refractivity contribution < 1.29 is 18.9 Å². The monoisotopic (exact) mass is 186 g/mol. The van der Waals surface area contributed by atoms with E-state index in [1.54, 1.807) is 0 Å². The first kappa shape index (κ1) is 10.6. The summed E-state index contributed by atoms with van der Waals surface area (Å²) < 4.78 is 0. The van der Waals surface area contributed by atoms with Gasteiger partial charge in [-0.05, 0) is 17.5 Å². The Kier molecular flexibility index (Phi) is 2.74. The summed E-state index contributed by atoms with van der Waals surface area (Å²) in [7, 11) is 0. The Morgan fingerprint density at radius 1 is 1.07 bits per heavy atom. The van der Waals surface area contributed by atoms with Crippen molar-refractivity contribution in [3.63, 3.8) is 0 Å². The topological polar surface area (TPSA) is 0 Å². The molecule has 68 valence electrons. The summed E-state index contributed by atoms with van der Waals surface area (Å²) in [5.41, 5.74) is 6.99. The maximum Gasteiger partial charge on any atom is 1.00 e. The summed E-state index contributed by atoms with van der Waals surface area (Å²) in [6.07, 6.45) is 1.08. The van der Waals surface area contributed by atoms with Gasteiger partial charge in [-0.1, -0.05) is 31.2 Å². The molecule has 1 heteroatoms. The summed E-state index contributed by atoms with van der Waals surface area (Å²) in [5, 5.41) is 0. The molecule has 2 aromatic carbocycles. The van der Waals surface area contributed by atoms with Crippen molar-refractivity contribution in [2.24, 2.45) is 0 Å². The van der Waals surface area contributed by atoms with Gasteiger partial charge in [0, 0.05) is 0 Å². The molecule has 0 N–H and O–H groups in total. The second-order valence-electron chi connectivity index (χ2n) is 3.83. The van der Waals surface area contributed by atoms with Crippen LogP contribution in [0, 0.1) is 13.0 Å². The molecule has 0 spiro atoms. The summed E-state index contributed by atoms with van der Waals surface area (Å²) >= 11 is 0. The Balaban J connectivity index is 0.000000853. The Morgan fingerprint density at radius 3 is 2.73 bits per heavy atom. The summed E-state index contributed by atoms with van der Waals surface area (Å²) in [6.45, 7) is 2.14. The van der Waals surface area contributed by atoms with Gasteiger partial charge in [0.2, 0.25) is 0 Å². The van der Waals surface area contributed by atoms with E-state index in [0.29, 0.717) is 0 Å². The van der Waals surface area contributed by atoms with Crippen LogP contribution < -0.4 is 18.9 Å². The SMILES string of the molecule is Cc1[c-]ccc2c1Cc1ccccc1-2.[Li+]. The summed E-state index contributed by atoms with van der Waals surface area (Å²) in [5.74, 6) is 0. The first-order valence-corrected chi connectivity index (χ1v) is 4.95. The third-order valence-corrected chi connectivity index (χ3v) is 3.00. The Hall–Kier alpha value is -0.963. The van der Waals surface area contributed by atoms with E-state index in [1.807, 2.05) is 6.07 Å². The maximum atomic E-state index is 3.27. The van der Waals surface area contributed by atoms with E-state index < -0.39 is 0 Å². The molecule has 0 aromatic heterocycles. The quantitative estimate of drug-likeness (QED) is 0.351. The number of fused-ring (bicyclic) bond motifs is 3. The molecule has 0 atom stereocenters. The van der Waals surface area contributed by atoms with Crippen LogP contribution in [-0.2, 0) is 6.42 Å². The molecule has 0 bridgehead atoms. The molecular formula is C14H11Li. The summed E-state index contributed by atoms with van der Waals surface area (Å²) in [4.78, 5) is 0. The van der Waals surface area contributed by atoms with Gasteiger partial charge in [-0.3, -0.25) is 0 Å². The van der Waals surface area contributed by atoms with Crippen LogP contribution in [0.2, 0.25) is 0 Å². The number of rotatable bonds is 0. The number of hydrogen-bond acceptors (Lipinski definition) is 0. The van der Waals surface area contributed by atoms with Gasteiger partial charge < -0.3 is 0 Å². The average Bonchev–Trinajstić information content (AvgIpc) is 2.59. The second-order valence-corrected chi connectivity index (χ2v) is 3.83. The maximum absolute atomic E-state index is 3.27. The second kappa shape index (κ2) is 3.89. The molecule has 0 saturated carbocycles. The molecule has 0 radical (unpaired) electrons. The minimum atomic E-state index is 0. The normalized spacial score (nSPS) is 11.5. The molecule has 1 aliphatic rings. The van der Waals surface area contributed by atoms with Gasteiger partial charge in [-0.15, -0.1) is 11.1 Å². The van der Waals surface area contributed by atoms with Crippen LogP contribution in [0.25, 0.3) is 11.1 Å². The van der Waals surface area contributed by atoms with Crippen LogP contribution in [0.3, 0.4) is 0 Å². The van der Waals surface area contributed by atoms with Crippen LogP contribution in [0.5, 0.6) is 0 Å².